The van der Waals surface area contributed by atoms with Crippen LogP contribution in [0.25, 0.3) is 0 Å². The molecule has 1 rings (SSSR count). The zero-order valence-corrected chi connectivity index (χ0v) is 18.8. The van der Waals surface area contributed by atoms with Gasteiger partial charge >= 0.3 is 0 Å². The van der Waals surface area contributed by atoms with E-state index in [1.807, 2.05) is 37.3 Å². The second kappa shape index (κ2) is 16.8. The van der Waals surface area contributed by atoms with Crippen LogP contribution in [0.5, 0.6) is 0 Å². The lowest BCUT2D eigenvalue weighted by Crippen LogP contribution is -2.48. The molecule has 0 saturated carbocycles. The fourth-order valence-corrected chi connectivity index (χ4v) is 3.18. The van der Waals surface area contributed by atoms with E-state index in [1.54, 1.807) is 0 Å². The van der Waals surface area contributed by atoms with E-state index in [2.05, 4.69) is 17.6 Å². The number of unbranched alkanes of at least 4 members (excludes halogenated alkanes) is 3. The minimum Gasteiger partial charge on any atom is -0.377 e. The standard InChI is InChI=1S/C24H41N3O3/c1-3-4-6-15-22(27-23(28)20(2)12-9-10-16-25)24(29)26-17-11-18-30-19-21-13-7-5-8-14-21/h5,7-8,13-14,20,22H,3-4,6,9-12,15-19,25H2,1-2H3,(H,26,29)(H,27,28)/t20-,22-/m0/s1. The Balaban J connectivity index is 2.34. The van der Waals surface area contributed by atoms with Gasteiger partial charge in [0.15, 0.2) is 0 Å². The van der Waals surface area contributed by atoms with Crippen LogP contribution in [0.4, 0.5) is 0 Å². The smallest absolute Gasteiger partial charge is 0.242 e. The topological polar surface area (TPSA) is 93.5 Å². The van der Waals surface area contributed by atoms with E-state index in [1.165, 1.54) is 0 Å². The maximum Gasteiger partial charge on any atom is 0.242 e. The minimum atomic E-state index is -0.466. The largest absolute Gasteiger partial charge is 0.377 e. The Morgan fingerprint density at radius 1 is 1.00 bits per heavy atom. The van der Waals surface area contributed by atoms with Crippen molar-refractivity contribution in [3.05, 3.63) is 35.9 Å². The van der Waals surface area contributed by atoms with Crippen molar-refractivity contribution in [2.45, 2.75) is 77.9 Å². The van der Waals surface area contributed by atoms with Gasteiger partial charge in [-0.25, -0.2) is 0 Å². The molecule has 0 fully saturated rings. The van der Waals surface area contributed by atoms with E-state index in [0.29, 0.717) is 32.7 Å². The first kappa shape index (κ1) is 26.1. The third-order valence-electron chi connectivity index (χ3n) is 5.14. The van der Waals surface area contributed by atoms with Crippen LogP contribution in [0.15, 0.2) is 30.3 Å². The van der Waals surface area contributed by atoms with Gasteiger partial charge in [0.2, 0.25) is 11.8 Å². The third kappa shape index (κ3) is 11.9. The normalized spacial score (nSPS) is 12.9. The number of ether oxygens (including phenoxy) is 1. The Hall–Kier alpha value is -1.92. The molecule has 6 heteroatoms. The Labute approximate surface area is 182 Å². The molecule has 2 atom stereocenters. The third-order valence-corrected chi connectivity index (χ3v) is 5.14. The van der Waals surface area contributed by atoms with Crippen LogP contribution in [0.1, 0.15) is 70.8 Å². The molecule has 0 unspecified atom stereocenters. The molecular weight excluding hydrogens is 378 g/mol. The lowest BCUT2D eigenvalue weighted by Gasteiger charge is -2.21. The first-order valence-electron chi connectivity index (χ1n) is 11.5. The van der Waals surface area contributed by atoms with Gasteiger partial charge in [-0.05, 0) is 37.8 Å². The van der Waals surface area contributed by atoms with Gasteiger partial charge in [0.25, 0.3) is 0 Å². The summed E-state index contributed by atoms with van der Waals surface area (Å²) >= 11 is 0. The van der Waals surface area contributed by atoms with Gasteiger partial charge < -0.3 is 21.1 Å². The van der Waals surface area contributed by atoms with E-state index < -0.39 is 6.04 Å². The van der Waals surface area contributed by atoms with Crippen molar-refractivity contribution in [1.29, 1.82) is 0 Å². The summed E-state index contributed by atoms with van der Waals surface area (Å²) in [6.07, 6.45) is 7.12. The number of carbonyl (C=O) groups is 2. The van der Waals surface area contributed by atoms with Crippen LogP contribution >= 0.6 is 0 Å². The number of rotatable bonds is 17. The van der Waals surface area contributed by atoms with Crippen molar-refractivity contribution in [3.8, 4) is 0 Å². The molecule has 0 bridgehead atoms. The molecular formula is C24H41N3O3. The molecule has 0 saturated heterocycles. The predicted molar refractivity (Wildman–Crippen MR) is 122 cm³/mol. The van der Waals surface area contributed by atoms with Crippen molar-refractivity contribution in [2.24, 2.45) is 11.7 Å². The van der Waals surface area contributed by atoms with Gasteiger partial charge in [-0.3, -0.25) is 9.59 Å². The number of nitrogens with one attached hydrogen (secondary N) is 2. The van der Waals surface area contributed by atoms with Crippen LogP contribution in [-0.2, 0) is 20.9 Å². The highest BCUT2D eigenvalue weighted by Crippen LogP contribution is 2.10. The number of carbonyl (C=O) groups excluding carboxylic acids is 2. The molecule has 0 aliphatic heterocycles. The highest BCUT2D eigenvalue weighted by atomic mass is 16.5. The fraction of sp³-hybridized carbons (Fsp3) is 0.667. The maximum absolute atomic E-state index is 12.6. The van der Waals surface area contributed by atoms with Crippen LogP contribution in [-0.4, -0.2) is 37.6 Å². The molecule has 0 heterocycles. The minimum absolute atomic E-state index is 0.0464. The molecule has 2 amide bonds. The highest BCUT2D eigenvalue weighted by Gasteiger charge is 2.22. The number of nitrogens with two attached hydrogens (primary N) is 1. The van der Waals surface area contributed by atoms with Crippen molar-refractivity contribution in [3.63, 3.8) is 0 Å². The van der Waals surface area contributed by atoms with Crippen molar-refractivity contribution in [2.75, 3.05) is 19.7 Å². The average Bonchev–Trinajstić information content (AvgIpc) is 2.76. The molecule has 6 nitrogen and oxygen atoms in total. The summed E-state index contributed by atoms with van der Waals surface area (Å²) in [5, 5.41) is 5.92. The SMILES string of the molecule is CCCCC[C@H](NC(=O)[C@@H](C)CCCCN)C(=O)NCCCOCc1ccccc1. The van der Waals surface area contributed by atoms with Crippen molar-refractivity contribution < 1.29 is 14.3 Å². The predicted octanol–water partition coefficient (Wildman–Crippen LogP) is 3.54. The number of benzene rings is 1. The molecule has 4 N–H and O–H groups in total. The van der Waals surface area contributed by atoms with Gasteiger partial charge in [0, 0.05) is 19.1 Å². The zero-order valence-electron chi connectivity index (χ0n) is 18.8. The van der Waals surface area contributed by atoms with Gasteiger partial charge in [0.05, 0.1) is 6.61 Å². The van der Waals surface area contributed by atoms with E-state index in [4.69, 9.17) is 10.5 Å². The Bertz CT molecular complexity index is 580. The van der Waals surface area contributed by atoms with Gasteiger partial charge in [-0.2, -0.15) is 0 Å². The molecule has 1 aromatic rings. The van der Waals surface area contributed by atoms with Crippen molar-refractivity contribution >= 4 is 11.8 Å². The first-order chi connectivity index (χ1) is 14.6. The Morgan fingerprint density at radius 2 is 1.73 bits per heavy atom. The molecule has 0 radical (unpaired) electrons. The second-order valence-corrected chi connectivity index (χ2v) is 7.93. The van der Waals surface area contributed by atoms with E-state index in [9.17, 15) is 9.59 Å². The summed E-state index contributed by atoms with van der Waals surface area (Å²) < 4.78 is 5.65. The molecule has 170 valence electrons. The second-order valence-electron chi connectivity index (χ2n) is 7.93. The number of hydrogen-bond acceptors (Lipinski definition) is 4. The summed E-state index contributed by atoms with van der Waals surface area (Å²) in [5.41, 5.74) is 6.66. The van der Waals surface area contributed by atoms with Crippen molar-refractivity contribution in [1.82, 2.24) is 10.6 Å². The fourth-order valence-electron chi connectivity index (χ4n) is 3.18. The number of amides is 2. The first-order valence-corrected chi connectivity index (χ1v) is 11.5. The summed E-state index contributed by atoms with van der Waals surface area (Å²) in [6.45, 7) is 6.39. The van der Waals surface area contributed by atoms with Crippen LogP contribution < -0.4 is 16.4 Å². The van der Waals surface area contributed by atoms with Crippen LogP contribution in [0.3, 0.4) is 0 Å². The monoisotopic (exact) mass is 419 g/mol. The molecule has 0 aliphatic rings. The summed E-state index contributed by atoms with van der Waals surface area (Å²) in [6, 6.07) is 9.56. The van der Waals surface area contributed by atoms with Crippen LogP contribution in [0.2, 0.25) is 0 Å². The zero-order chi connectivity index (χ0) is 22.0. The summed E-state index contributed by atoms with van der Waals surface area (Å²) in [7, 11) is 0. The Kier molecular flexibility index (Phi) is 14.7. The quantitative estimate of drug-likeness (QED) is 0.337. The molecule has 1 aromatic carbocycles. The van der Waals surface area contributed by atoms with Gasteiger partial charge in [0.1, 0.15) is 6.04 Å². The molecule has 0 aliphatic carbocycles. The average molecular weight is 420 g/mol. The maximum atomic E-state index is 12.6. The van der Waals surface area contributed by atoms with E-state index >= 15 is 0 Å². The molecule has 0 aromatic heterocycles. The van der Waals surface area contributed by atoms with Gasteiger partial charge in [-0.1, -0.05) is 69.9 Å². The highest BCUT2D eigenvalue weighted by molar-refractivity contribution is 5.88. The Morgan fingerprint density at radius 3 is 2.43 bits per heavy atom. The lowest BCUT2D eigenvalue weighted by molar-refractivity contribution is -0.131. The van der Waals surface area contributed by atoms with E-state index in [0.717, 1.165) is 50.5 Å². The van der Waals surface area contributed by atoms with Crippen LogP contribution in [0, 0.1) is 5.92 Å². The van der Waals surface area contributed by atoms with E-state index in [-0.39, 0.29) is 17.7 Å². The number of hydrogen-bond donors (Lipinski definition) is 3. The van der Waals surface area contributed by atoms with Gasteiger partial charge in [-0.15, -0.1) is 0 Å². The summed E-state index contributed by atoms with van der Waals surface area (Å²) in [4.78, 5) is 25.1. The molecule has 0 spiro atoms. The molecule has 30 heavy (non-hydrogen) atoms. The summed E-state index contributed by atoms with van der Waals surface area (Å²) in [5.74, 6) is -0.254. The lowest BCUT2D eigenvalue weighted by atomic mass is 10.0.